The minimum atomic E-state index is -1.62. The molecule has 0 amide bonds. The van der Waals surface area contributed by atoms with Crippen LogP contribution in [-0.2, 0) is 13.2 Å². The number of hydrogen-bond donors (Lipinski definition) is 1. The van der Waals surface area contributed by atoms with Crippen LogP contribution in [0.5, 0.6) is 5.75 Å². The lowest BCUT2D eigenvalue weighted by Crippen LogP contribution is -2.03. The molecule has 0 atom stereocenters. The zero-order chi connectivity index (χ0) is 14.0. The average Bonchev–Trinajstić information content (AvgIpc) is 2.84. The smallest absolute Gasteiger partial charge is 0.203 e. The van der Waals surface area contributed by atoms with Crippen molar-refractivity contribution < 1.29 is 31.8 Å². The zero-order valence-electron chi connectivity index (χ0n) is 9.42. The van der Waals surface area contributed by atoms with Crippen LogP contribution in [0.15, 0.2) is 22.6 Å². The Kier molecular flexibility index (Phi) is 3.75. The molecule has 1 aromatic carbocycles. The van der Waals surface area contributed by atoms with E-state index >= 15 is 0 Å². The maximum absolute atomic E-state index is 13.2. The largest absolute Gasteiger partial charge is 0.479 e. The summed E-state index contributed by atoms with van der Waals surface area (Å²) in [4.78, 5) is 0. The second kappa shape index (κ2) is 5.31. The lowest BCUT2D eigenvalue weighted by Gasteiger charge is -2.08. The molecule has 0 saturated carbocycles. The van der Waals surface area contributed by atoms with Gasteiger partial charge in [0.25, 0.3) is 0 Å². The van der Waals surface area contributed by atoms with E-state index in [1.165, 1.54) is 12.1 Å². The van der Waals surface area contributed by atoms with Crippen LogP contribution >= 0.6 is 0 Å². The van der Waals surface area contributed by atoms with Gasteiger partial charge in [0.2, 0.25) is 11.6 Å². The fraction of sp³-hybridized carbons (Fsp3) is 0.167. The summed E-state index contributed by atoms with van der Waals surface area (Å²) in [5.74, 6) is -7.12. The van der Waals surface area contributed by atoms with Gasteiger partial charge >= 0.3 is 0 Å². The van der Waals surface area contributed by atoms with E-state index in [9.17, 15) is 17.6 Å². The van der Waals surface area contributed by atoms with Gasteiger partial charge in [0.1, 0.15) is 24.7 Å². The first-order valence-electron chi connectivity index (χ1n) is 5.17. The molecule has 1 N–H and O–H groups in total. The molecule has 19 heavy (non-hydrogen) atoms. The molecule has 0 radical (unpaired) electrons. The molecule has 7 heteroatoms. The van der Waals surface area contributed by atoms with Crippen LogP contribution in [0.25, 0.3) is 0 Å². The highest BCUT2D eigenvalue weighted by molar-refractivity contribution is 5.28. The Morgan fingerprint density at radius 2 is 1.58 bits per heavy atom. The third-order valence-corrected chi connectivity index (χ3v) is 2.30. The number of benzene rings is 1. The van der Waals surface area contributed by atoms with Gasteiger partial charge in [-0.3, -0.25) is 0 Å². The van der Waals surface area contributed by atoms with Crippen molar-refractivity contribution in [2.45, 2.75) is 13.2 Å². The second-order valence-corrected chi connectivity index (χ2v) is 3.61. The van der Waals surface area contributed by atoms with Gasteiger partial charge in [-0.1, -0.05) is 0 Å². The Morgan fingerprint density at radius 3 is 2.11 bits per heavy atom. The topological polar surface area (TPSA) is 42.6 Å². The Hall–Kier alpha value is -2.02. The minimum Gasteiger partial charge on any atom is -0.479 e. The predicted molar refractivity (Wildman–Crippen MR) is 55.2 cm³/mol. The molecule has 0 spiro atoms. The molecule has 2 aromatic rings. The number of halogens is 4. The van der Waals surface area contributed by atoms with E-state index in [0.29, 0.717) is 0 Å². The van der Waals surface area contributed by atoms with Crippen molar-refractivity contribution in [3.05, 3.63) is 53.0 Å². The van der Waals surface area contributed by atoms with Gasteiger partial charge in [0.15, 0.2) is 17.4 Å². The maximum atomic E-state index is 13.2. The SMILES string of the molecule is OCc1ccc(COc2c(F)c(F)cc(F)c2F)o1. The number of aliphatic hydroxyl groups is 1. The second-order valence-electron chi connectivity index (χ2n) is 3.61. The molecule has 1 aromatic heterocycles. The van der Waals surface area contributed by atoms with Crippen molar-refractivity contribution in [3.8, 4) is 5.75 Å². The summed E-state index contributed by atoms with van der Waals surface area (Å²) in [5, 5.41) is 8.74. The third kappa shape index (κ3) is 2.70. The Morgan fingerprint density at radius 1 is 1.00 bits per heavy atom. The lowest BCUT2D eigenvalue weighted by molar-refractivity contribution is 0.213. The summed E-state index contributed by atoms with van der Waals surface area (Å²) in [6.07, 6.45) is 0. The van der Waals surface area contributed by atoms with Crippen molar-refractivity contribution in [1.82, 2.24) is 0 Å². The molecule has 0 aliphatic heterocycles. The summed E-state index contributed by atoms with van der Waals surface area (Å²) < 4.78 is 61.9. The first-order chi connectivity index (χ1) is 9.02. The molecule has 0 aliphatic carbocycles. The molecular weight excluding hydrogens is 268 g/mol. The summed E-state index contributed by atoms with van der Waals surface area (Å²) in [6, 6.07) is 2.92. The summed E-state index contributed by atoms with van der Waals surface area (Å²) in [5.41, 5.74) is 0. The molecule has 2 rings (SSSR count). The van der Waals surface area contributed by atoms with Crippen LogP contribution in [-0.4, -0.2) is 5.11 Å². The molecule has 0 saturated heterocycles. The van der Waals surface area contributed by atoms with Crippen LogP contribution in [0.2, 0.25) is 0 Å². The average molecular weight is 276 g/mol. The Balaban J connectivity index is 2.19. The summed E-state index contributed by atoms with van der Waals surface area (Å²) in [6.45, 7) is -0.784. The molecule has 0 aliphatic rings. The van der Waals surface area contributed by atoms with Crippen LogP contribution in [0, 0.1) is 23.3 Å². The van der Waals surface area contributed by atoms with Crippen molar-refractivity contribution in [1.29, 1.82) is 0 Å². The fourth-order valence-electron chi connectivity index (χ4n) is 1.41. The van der Waals surface area contributed by atoms with E-state index < -0.39 is 35.6 Å². The number of ether oxygens (including phenoxy) is 1. The first kappa shape index (κ1) is 13.4. The highest BCUT2D eigenvalue weighted by Gasteiger charge is 2.20. The lowest BCUT2D eigenvalue weighted by atomic mass is 10.3. The Bertz CT molecular complexity index is 569. The normalized spacial score (nSPS) is 10.8. The summed E-state index contributed by atoms with van der Waals surface area (Å²) in [7, 11) is 0. The Labute approximate surface area is 105 Å². The van der Waals surface area contributed by atoms with Crippen molar-refractivity contribution in [2.24, 2.45) is 0 Å². The first-order valence-corrected chi connectivity index (χ1v) is 5.17. The number of rotatable bonds is 4. The molecule has 0 fully saturated rings. The van der Waals surface area contributed by atoms with E-state index in [2.05, 4.69) is 4.74 Å². The maximum Gasteiger partial charge on any atom is 0.203 e. The van der Waals surface area contributed by atoms with Crippen LogP contribution in [0.4, 0.5) is 17.6 Å². The highest BCUT2D eigenvalue weighted by atomic mass is 19.2. The fourth-order valence-corrected chi connectivity index (χ4v) is 1.41. The van der Waals surface area contributed by atoms with Gasteiger partial charge < -0.3 is 14.3 Å². The van der Waals surface area contributed by atoms with Gasteiger partial charge in [-0.05, 0) is 12.1 Å². The van der Waals surface area contributed by atoms with E-state index in [1.807, 2.05) is 0 Å². The van der Waals surface area contributed by atoms with Gasteiger partial charge in [0.05, 0.1) is 0 Å². The molecule has 3 nitrogen and oxygen atoms in total. The molecule has 1 heterocycles. The highest BCUT2D eigenvalue weighted by Crippen LogP contribution is 2.27. The quantitative estimate of drug-likeness (QED) is 0.689. The van der Waals surface area contributed by atoms with Crippen molar-refractivity contribution in [2.75, 3.05) is 0 Å². The molecular formula is C12H8F4O3. The van der Waals surface area contributed by atoms with E-state index in [4.69, 9.17) is 9.52 Å². The third-order valence-electron chi connectivity index (χ3n) is 2.30. The van der Waals surface area contributed by atoms with E-state index in [0.717, 1.165) is 0 Å². The van der Waals surface area contributed by atoms with Crippen LogP contribution in [0.3, 0.4) is 0 Å². The van der Waals surface area contributed by atoms with E-state index in [-0.39, 0.29) is 24.2 Å². The number of hydrogen-bond acceptors (Lipinski definition) is 3. The molecule has 102 valence electrons. The molecule has 0 bridgehead atoms. The minimum absolute atomic E-state index is 0.0916. The number of furan rings is 1. The van der Waals surface area contributed by atoms with Crippen molar-refractivity contribution in [3.63, 3.8) is 0 Å². The molecule has 0 unspecified atom stereocenters. The summed E-state index contributed by atoms with van der Waals surface area (Å²) >= 11 is 0. The monoisotopic (exact) mass is 276 g/mol. The predicted octanol–water partition coefficient (Wildman–Crippen LogP) is 2.91. The van der Waals surface area contributed by atoms with Gasteiger partial charge in [0, 0.05) is 6.07 Å². The van der Waals surface area contributed by atoms with Gasteiger partial charge in [-0.2, -0.15) is 8.78 Å². The van der Waals surface area contributed by atoms with Crippen LogP contribution < -0.4 is 4.74 Å². The van der Waals surface area contributed by atoms with Gasteiger partial charge in [-0.15, -0.1) is 0 Å². The number of aliphatic hydroxyl groups excluding tert-OH is 1. The standard InChI is InChI=1S/C12H8F4O3/c13-8-3-9(14)11(16)12(10(8)15)18-5-7-2-1-6(4-17)19-7/h1-3,17H,4-5H2. The van der Waals surface area contributed by atoms with Gasteiger partial charge in [-0.25, -0.2) is 8.78 Å². The van der Waals surface area contributed by atoms with Crippen molar-refractivity contribution >= 4 is 0 Å². The van der Waals surface area contributed by atoms with E-state index in [1.54, 1.807) is 0 Å². The van der Waals surface area contributed by atoms with Crippen LogP contribution in [0.1, 0.15) is 11.5 Å². The zero-order valence-corrected chi connectivity index (χ0v) is 9.42.